The van der Waals surface area contributed by atoms with Crippen molar-refractivity contribution in [1.82, 2.24) is 10.2 Å². The van der Waals surface area contributed by atoms with E-state index in [-0.39, 0.29) is 24.0 Å². The van der Waals surface area contributed by atoms with E-state index in [1.807, 2.05) is 37.3 Å². The summed E-state index contributed by atoms with van der Waals surface area (Å²) in [5.41, 5.74) is 1.05. The predicted octanol–water partition coefficient (Wildman–Crippen LogP) is 1.29. The fourth-order valence-electron chi connectivity index (χ4n) is 2.98. The molecule has 21 heavy (non-hydrogen) atoms. The van der Waals surface area contributed by atoms with E-state index in [2.05, 4.69) is 5.32 Å². The second-order valence-electron chi connectivity index (χ2n) is 5.73. The van der Waals surface area contributed by atoms with Crippen LogP contribution in [0.3, 0.4) is 0 Å². The van der Waals surface area contributed by atoms with Crippen molar-refractivity contribution in [3.05, 3.63) is 35.9 Å². The number of amides is 2. The molecule has 1 N–H and O–H groups in total. The molecule has 3 rings (SSSR count). The molecule has 0 bridgehead atoms. The number of ether oxygens (including phenoxy) is 1. The Morgan fingerprint density at radius 3 is 2.86 bits per heavy atom. The molecule has 1 aromatic carbocycles. The number of hydrogen-bond donors (Lipinski definition) is 1. The van der Waals surface area contributed by atoms with Crippen LogP contribution in [0.4, 0.5) is 0 Å². The van der Waals surface area contributed by atoms with Gasteiger partial charge >= 0.3 is 0 Å². The Balaban J connectivity index is 1.63. The molecule has 2 aliphatic rings. The molecule has 3 atom stereocenters. The van der Waals surface area contributed by atoms with Gasteiger partial charge in [0.25, 0.3) is 0 Å². The Hall–Kier alpha value is -1.88. The number of nitrogens with zero attached hydrogens (tertiary/aromatic N) is 1. The summed E-state index contributed by atoms with van der Waals surface area (Å²) in [6.45, 7) is 2.79. The van der Waals surface area contributed by atoms with Gasteiger partial charge in [-0.25, -0.2) is 0 Å². The van der Waals surface area contributed by atoms with Crippen molar-refractivity contribution in [3.63, 3.8) is 0 Å². The van der Waals surface area contributed by atoms with Crippen LogP contribution in [0.5, 0.6) is 0 Å². The minimum Gasteiger partial charge on any atom is -0.357 e. The smallest absolute Gasteiger partial charge is 0.243 e. The highest BCUT2D eigenvalue weighted by Crippen LogP contribution is 2.30. The fraction of sp³-hybridized carbons (Fsp3) is 0.500. The van der Waals surface area contributed by atoms with Crippen LogP contribution in [0.2, 0.25) is 0 Å². The van der Waals surface area contributed by atoms with Crippen LogP contribution in [0, 0.1) is 5.92 Å². The summed E-state index contributed by atoms with van der Waals surface area (Å²) >= 11 is 0. The Morgan fingerprint density at radius 2 is 2.10 bits per heavy atom. The molecule has 2 aliphatic heterocycles. The van der Waals surface area contributed by atoms with Crippen molar-refractivity contribution in [2.75, 3.05) is 6.61 Å². The van der Waals surface area contributed by atoms with E-state index in [1.165, 1.54) is 0 Å². The van der Waals surface area contributed by atoms with Crippen molar-refractivity contribution < 1.29 is 14.3 Å². The lowest BCUT2D eigenvalue weighted by Gasteiger charge is -2.36. The minimum atomic E-state index is -0.394. The van der Waals surface area contributed by atoms with E-state index in [9.17, 15) is 9.59 Å². The number of hydrogen-bond acceptors (Lipinski definition) is 3. The van der Waals surface area contributed by atoms with Crippen molar-refractivity contribution >= 4 is 11.8 Å². The van der Waals surface area contributed by atoms with Crippen LogP contribution < -0.4 is 5.32 Å². The van der Waals surface area contributed by atoms with Gasteiger partial charge in [0.2, 0.25) is 11.8 Å². The molecule has 2 amide bonds. The van der Waals surface area contributed by atoms with Crippen molar-refractivity contribution in [1.29, 1.82) is 0 Å². The highest BCUT2D eigenvalue weighted by atomic mass is 16.5. The van der Waals surface area contributed by atoms with Crippen LogP contribution >= 0.6 is 0 Å². The first-order valence-electron chi connectivity index (χ1n) is 7.42. The lowest BCUT2D eigenvalue weighted by molar-refractivity contribution is -0.169. The quantitative estimate of drug-likeness (QED) is 0.911. The largest absolute Gasteiger partial charge is 0.357 e. The molecule has 2 unspecified atom stereocenters. The van der Waals surface area contributed by atoms with Gasteiger partial charge in [-0.15, -0.1) is 0 Å². The van der Waals surface area contributed by atoms with Gasteiger partial charge < -0.3 is 15.0 Å². The number of fused-ring (bicyclic) bond motifs is 1. The first-order chi connectivity index (χ1) is 10.2. The zero-order valence-electron chi connectivity index (χ0n) is 12.1. The standard InChI is InChI=1S/C16H20N2O3/c1-11-10-21-14-8-7-13(18(14)16(11)20)15(19)17-9-12-5-3-2-4-6-12/h2-6,11,13-14H,7-10H2,1H3,(H,17,19)/t11?,13-,14?/m0/s1. The van der Waals surface area contributed by atoms with Gasteiger partial charge in [-0.1, -0.05) is 37.3 Å². The van der Waals surface area contributed by atoms with E-state index in [4.69, 9.17) is 4.74 Å². The topological polar surface area (TPSA) is 58.6 Å². The van der Waals surface area contributed by atoms with E-state index in [1.54, 1.807) is 4.90 Å². The molecule has 5 heteroatoms. The molecule has 0 aromatic heterocycles. The maximum Gasteiger partial charge on any atom is 0.243 e. The number of nitrogens with one attached hydrogen (secondary N) is 1. The molecule has 0 radical (unpaired) electrons. The second kappa shape index (κ2) is 5.85. The van der Waals surface area contributed by atoms with E-state index >= 15 is 0 Å². The summed E-state index contributed by atoms with van der Waals surface area (Å²) in [7, 11) is 0. The number of benzene rings is 1. The van der Waals surface area contributed by atoms with E-state index < -0.39 is 6.04 Å². The van der Waals surface area contributed by atoms with E-state index in [0.29, 0.717) is 19.6 Å². The first kappa shape index (κ1) is 14.1. The lowest BCUT2D eigenvalue weighted by Crippen LogP contribution is -2.54. The zero-order chi connectivity index (χ0) is 14.8. The second-order valence-corrected chi connectivity index (χ2v) is 5.73. The molecular weight excluding hydrogens is 268 g/mol. The maximum absolute atomic E-state index is 12.4. The maximum atomic E-state index is 12.4. The molecule has 2 saturated heterocycles. The summed E-state index contributed by atoms with van der Waals surface area (Å²) < 4.78 is 5.65. The molecule has 2 fully saturated rings. The third-order valence-electron chi connectivity index (χ3n) is 4.16. The van der Waals surface area contributed by atoms with Crippen LogP contribution in [0.15, 0.2) is 30.3 Å². The Labute approximate surface area is 124 Å². The average Bonchev–Trinajstić information content (AvgIpc) is 2.94. The van der Waals surface area contributed by atoms with E-state index in [0.717, 1.165) is 12.0 Å². The molecule has 112 valence electrons. The number of rotatable bonds is 3. The fourth-order valence-corrected chi connectivity index (χ4v) is 2.98. The summed E-state index contributed by atoms with van der Waals surface area (Å²) in [4.78, 5) is 26.3. The molecule has 5 nitrogen and oxygen atoms in total. The summed E-state index contributed by atoms with van der Waals surface area (Å²) in [6, 6.07) is 9.36. The van der Waals surface area contributed by atoms with Gasteiger partial charge in [0.1, 0.15) is 12.3 Å². The third-order valence-corrected chi connectivity index (χ3v) is 4.16. The third kappa shape index (κ3) is 2.78. The van der Waals surface area contributed by atoms with Crippen molar-refractivity contribution in [2.45, 2.75) is 38.6 Å². The molecule has 0 saturated carbocycles. The Kier molecular flexibility index (Phi) is 3.92. The van der Waals surface area contributed by atoms with Gasteiger partial charge in [-0.3, -0.25) is 9.59 Å². The first-order valence-corrected chi connectivity index (χ1v) is 7.42. The number of carbonyl (C=O) groups is 2. The average molecular weight is 288 g/mol. The summed E-state index contributed by atoms with van der Waals surface area (Å²) in [6.07, 6.45) is 1.19. The molecule has 0 aliphatic carbocycles. The summed E-state index contributed by atoms with van der Waals surface area (Å²) in [5, 5.41) is 2.92. The van der Waals surface area contributed by atoms with Crippen LogP contribution in [0.1, 0.15) is 25.3 Å². The highest BCUT2D eigenvalue weighted by molar-refractivity contribution is 5.89. The Bertz CT molecular complexity index is 532. The van der Waals surface area contributed by atoms with Gasteiger partial charge in [0.15, 0.2) is 0 Å². The van der Waals surface area contributed by atoms with Crippen molar-refractivity contribution in [2.24, 2.45) is 5.92 Å². The SMILES string of the molecule is CC1COC2CC[C@@H](C(=O)NCc3ccccc3)N2C1=O. The Morgan fingerprint density at radius 1 is 1.33 bits per heavy atom. The van der Waals surface area contributed by atoms with Gasteiger partial charge in [0.05, 0.1) is 12.5 Å². The van der Waals surface area contributed by atoms with Gasteiger partial charge in [-0.2, -0.15) is 0 Å². The minimum absolute atomic E-state index is 0.0311. The van der Waals surface area contributed by atoms with Gasteiger partial charge in [0, 0.05) is 6.54 Å². The molecule has 1 aromatic rings. The molecule has 2 heterocycles. The number of carbonyl (C=O) groups excluding carboxylic acids is 2. The monoisotopic (exact) mass is 288 g/mol. The van der Waals surface area contributed by atoms with Crippen LogP contribution in [0.25, 0.3) is 0 Å². The zero-order valence-corrected chi connectivity index (χ0v) is 12.1. The molecule has 0 spiro atoms. The predicted molar refractivity (Wildman–Crippen MR) is 77.1 cm³/mol. The molecular formula is C16H20N2O3. The summed E-state index contributed by atoms with van der Waals surface area (Å²) in [5.74, 6) is -0.222. The van der Waals surface area contributed by atoms with Crippen LogP contribution in [-0.2, 0) is 20.9 Å². The van der Waals surface area contributed by atoms with Crippen molar-refractivity contribution in [3.8, 4) is 0 Å². The van der Waals surface area contributed by atoms with Gasteiger partial charge in [-0.05, 0) is 18.4 Å². The highest BCUT2D eigenvalue weighted by Gasteiger charge is 2.45. The van der Waals surface area contributed by atoms with Crippen LogP contribution in [-0.4, -0.2) is 35.6 Å². The normalized spacial score (nSPS) is 28.3. The lowest BCUT2D eigenvalue weighted by atomic mass is 10.1.